The zero-order chi connectivity index (χ0) is 20.1. The number of amides is 1. The van der Waals surface area contributed by atoms with E-state index in [1.807, 2.05) is 24.3 Å². The molecule has 8 heteroatoms. The Hall–Kier alpha value is -3.55. The van der Waals surface area contributed by atoms with Crippen LogP contribution < -0.4 is 15.4 Å². The van der Waals surface area contributed by atoms with E-state index in [0.29, 0.717) is 11.4 Å². The van der Waals surface area contributed by atoms with Gasteiger partial charge in [0.25, 0.3) is 5.91 Å². The summed E-state index contributed by atoms with van der Waals surface area (Å²) in [5.41, 5.74) is 0.798. The highest BCUT2D eigenvalue weighted by Gasteiger charge is 2.30. The Balaban J connectivity index is 1.64. The van der Waals surface area contributed by atoms with Crippen LogP contribution in [0.5, 0.6) is 5.75 Å². The summed E-state index contributed by atoms with van der Waals surface area (Å²) in [7, 11) is 1.58. The van der Waals surface area contributed by atoms with Gasteiger partial charge in [0.1, 0.15) is 11.6 Å². The molecule has 0 radical (unpaired) electrons. The molecule has 0 aliphatic heterocycles. The minimum Gasteiger partial charge on any atom is -0.497 e. The molecule has 5 nitrogen and oxygen atoms in total. The molecular weight excluding hydrogens is 371 g/mol. The summed E-state index contributed by atoms with van der Waals surface area (Å²) in [6, 6.07) is 14.6. The first kappa shape index (κ1) is 19.2. The zero-order valence-electron chi connectivity index (χ0n) is 14.7. The molecule has 0 bridgehead atoms. The first-order valence-corrected chi connectivity index (χ1v) is 8.21. The number of aromatic nitrogens is 1. The van der Waals surface area contributed by atoms with E-state index in [0.717, 1.165) is 30.0 Å². The lowest BCUT2D eigenvalue weighted by atomic mass is 10.1. The molecule has 3 aromatic rings. The second-order valence-electron chi connectivity index (χ2n) is 5.82. The average Bonchev–Trinajstić information content (AvgIpc) is 2.69. The lowest BCUT2D eigenvalue weighted by molar-refractivity contribution is -0.137. The fourth-order valence-corrected chi connectivity index (χ4v) is 2.41. The number of pyridine rings is 1. The monoisotopic (exact) mass is 387 g/mol. The Morgan fingerprint density at radius 1 is 1.00 bits per heavy atom. The number of hydrogen-bond donors (Lipinski definition) is 2. The van der Waals surface area contributed by atoms with E-state index in [1.54, 1.807) is 19.2 Å². The van der Waals surface area contributed by atoms with Crippen molar-refractivity contribution in [1.82, 2.24) is 4.98 Å². The summed E-state index contributed by atoms with van der Waals surface area (Å²) in [6.07, 6.45) is -2.91. The van der Waals surface area contributed by atoms with Crippen molar-refractivity contribution in [2.75, 3.05) is 17.7 Å². The third kappa shape index (κ3) is 4.79. The van der Waals surface area contributed by atoms with Crippen LogP contribution in [-0.4, -0.2) is 18.0 Å². The lowest BCUT2D eigenvalue weighted by Gasteiger charge is -2.10. The van der Waals surface area contributed by atoms with Crippen LogP contribution in [0, 0.1) is 0 Å². The SMILES string of the molecule is COc1cccc(Nc2ccc(NC(=O)c3ccc(C(F)(F)F)cc3)nc2)c1. The molecule has 1 amide bonds. The third-order valence-electron chi connectivity index (χ3n) is 3.84. The van der Waals surface area contributed by atoms with Crippen molar-refractivity contribution in [3.8, 4) is 5.75 Å². The molecule has 0 saturated heterocycles. The summed E-state index contributed by atoms with van der Waals surface area (Å²) >= 11 is 0. The number of carbonyl (C=O) groups is 1. The fraction of sp³-hybridized carbons (Fsp3) is 0.100. The van der Waals surface area contributed by atoms with E-state index in [4.69, 9.17) is 4.74 Å². The molecule has 144 valence electrons. The zero-order valence-corrected chi connectivity index (χ0v) is 14.7. The van der Waals surface area contributed by atoms with Gasteiger partial charge in [0.05, 0.1) is 24.6 Å². The van der Waals surface area contributed by atoms with Crippen LogP contribution in [0.25, 0.3) is 0 Å². The molecule has 3 rings (SSSR count). The Kier molecular flexibility index (Phi) is 5.49. The molecule has 1 aromatic heterocycles. The van der Waals surface area contributed by atoms with Crippen LogP contribution >= 0.6 is 0 Å². The molecule has 1 heterocycles. The number of benzene rings is 2. The number of halogens is 3. The first-order valence-electron chi connectivity index (χ1n) is 8.21. The molecule has 0 aliphatic rings. The molecular formula is C20H16F3N3O2. The minimum absolute atomic E-state index is 0.105. The van der Waals surface area contributed by atoms with Gasteiger partial charge in [-0.3, -0.25) is 4.79 Å². The van der Waals surface area contributed by atoms with Crippen LogP contribution in [0.3, 0.4) is 0 Å². The standard InChI is InChI=1S/C20H16F3N3O2/c1-28-17-4-2-3-15(11-17)25-16-9-10-18(24-12-16)26-19(27)13-5-7-14(8-6-13)20(21,22)23/h2-12,25H,1H3,(H,24,26,27). The highest BCUT2D eigenvalue weighted by molar-refractivity contribution is 6.03. The van der Waals surface area contributed by atoms with Gasteiger partial charge in [-0.05, 0) is 48.5 Å². The maximum absolute atomic E-state index is 12.6. The highest BCUT2D eigenvalue weighted by atomic mass is 19.4. The number of hydrogen-bond acceptors (Lipinski definition) is 4. The molecule has 0 atom stereocenters. The van der Waals surface area contributed by atoms with E-state index >= 15 is 0 Å². The Morgan fingerprint density at radius 2 is 1.75 bits per heavy atom. The molecule has 0 fully saturated rings. The van der Waals surface area contributed by atoms with Gasteiger partial charge in [0.2, 0.25) is 0 Å². The third-order valence-corrected chi connectivity index (χ3v) is 3.84. The predicted octanol–water partition coefficient (Wildman–Crippen LogP) is 5.10. The van der Waals surface area contributed by atoms with Gasteiger partial charge in [0.15, 0.2) is 0 Å². The van der Waals surface area contributed by atoms with Crippen molar-refractivity contribution in [2.45, 2.75) is 6.18 Å². The molecule has 2 N–H and O–H groups in total. The lowest BCUT2D eigenvalue weighted by Crippen LogP contribution is -2.13. The number of methoxy groups -OCH3 is 1. The highest BCUT2D eigenvalue weighted by Crippen LogP contribution is 2.29. The molecule has 2 aromatic carbocycles. The van der Waals surface area contributed by atoms with E-state index in [9.17, 15) is 18.0 Å². The quantitative estimate of drug-likeness (QED) is 0.639. The number of anilines is 3. The van der Waals surface area contributed by atoms with Gasteiger partial charge in [-0.15, -0.1) is 0 Å². The Morgan fingerprint density at radius 3 is 2.36 bits per heavy atom. The van der Waals surface area contributed by atoms with Gasteiger partial charge in [-0.1, -0.05) is 6.07 Å². The topological polar surface area (TPSA) is 63.2 Å². The van der Waals surface area contributed by atoms with Crippen LogP contribution in [0.2, 0.25) is 0 Å². The van der Waals surface area contributed by atoms with E-state index in [-0.39, 0.29) is 11.4 Å². The number of ether oxygens (including phenoxy) is 1. The number of nitrogens with one attached hydrogen (secondary N) is 2. The number of alkyl halides is 3. The molecule has 0 unspecified atom stereocenters. The Bertz CT molecular complexity index is 956. The van der Waals surface area contributed by atoms with Crippen LogP contribution in [0.1, 0.15) is 15.9 Å². The van der Waals surface area contributed by atoms with Crippen molar-refractivity contribution < 1.29 is 22.7 Å². The largest absolute Gasteiger partial charge is 0.497 e. The predicted molar refractivity (Wildman–Crippen MR) is 99.9 cm³/mol. The van der Waals surface area contributed by atoms with Crippen molar-refractivity contribution >= 4 is 23.1 Å². The van der Waals surface area contributed by atoms with Crippen molar-refractivity contribution in [3.05, 3.63) is 78.0 Å². The van der Waals surface area contributed by atoms with Gasteiger partial charge < -0.3 is 15.4 Å². The van der Waals surface area contributed by atoms with Crippen LogP contribution in [0.15, 0.2) is 66.9 Å². The van der Waals surface area contributed by atoms with Gasteiger partial charge in [0, 0.05) is 17.3 Å². The van der Waals surface area contributed by atoms with Crippen molar-refractivity contribution in [3.63, 3.8) is 0 Å². The van der Waals surface area contributed by atoms with E-state index in [2.05, 4.69) is 15.6 Å². The smallest absolute Gasteiger partial charge is 0.416 e. The van der Waals surface area contributed by atoms with E-state index in [1.165, 1.54) is 6.20 Å². The number of rotatable bonds is 5. The van der Waals surface area contributed by atoms with Gasteiger partial charge >= 0.3 is 6.18 Å². The maximum atomic E-state index is 12.6. The second-order valence-corrected chi connectivity index (χ2v) is 5.82. The summed E-state index contributed by atoms with van der Waals surface area (Å²) in [5, 5.41) is 5.70. The first-order chi connectivity index (χ1) is 13.3. The maximum Gasteiger partial charge on any atom is 0.416 e. The number of carbonyl (C=O) groups excluding carboxylic acids is 1. The summed E-state index contributed by atoms with van der Waals surface area (Å²) < 4.78 is 42.9. The Labute approximate surface area is 159 Å². The van der Waals surface area contributed by atoms with Crippen molar-refractivity contribution in [2.24, 2.45) is 0 Å². The van der Waals surface area contributed by atoms with Crippen LogP contribution in [-0.2, 0) is 6.18 Å². The summed E-state index contributed by atoms with van der Waals surface area (Å²) in [5.74, 6) is 0.439. The summed E-state index contributed by atoms with van der Waals surface area (Å²) in [4.78, 5) is 16.3. The second kappa shape index (κ2) is 7.99. The average molecular weight is 387 g/mol. The molecule has 0 saturated carbocycles. The van der Waals surface area contributed by atoms with Crippen molar-refractivity contribution in [1.29, 1.82) is 0 Å². The normalized spacial score (nSPS) is 11.0. The van der Waals surface area contributed by atoms with Gasteiger partial charge in [-0.25, -0.2) is 4.98 Å². The molecule has 28 heavy (non-hydrogen) atoms. The molecule has 0 spiro atoms. The molecule has 0 aliphatic carbocycles. The fourth-order valence-electron chi connectivity index (χ4n) is 2.41. The summed E-state index contributed by atoms with van der Waals surface area (Å²) in [6.45, 7) is 0. The van der Waals surface area contributed by atoms with Crippen LogP contribution in [0.4, 0.5) is 30.4 Å². The minimum atomic E-state index is -4.44. The van der Waals surface area contributed by atoms with E-state index < -0.39 is 17.6 Å². The number of nitrogens with zero attached hydrogens (tertiary/aromatic N) is 1. The van der Waals surface area contributed by atoms with Gasteiger partial charge in [-0.2, -0.15) is 13.2 Å².